The van der Waals surface area contributed by atoms with Gasteiger partial charge in [0, 0.05) is 29.6 Å². The Morgan fingerprint density at radius 2 is 2.07 bits per heavy atom. The summed E-state index contributed by atoms with van der Waals surface area (Å²) in [5, 5.41) is 12.9. The number of carbonyl (C=O) groups is 1. The smallest absolute Gasteiger partial charge is 0.280 e. The summed E-state index contributed by atoms with van der Waals surface area (Å²) in [5.41, 5.74) is 1.17. The normalized spacial score (nSPS) is 17.0. The Balaban J connectivity index is 1.45. The fraction of sp³-hybridized carbons (Fsp3) is 0.389. The summed E-state index contributed by atoms with van der Waals surface area (Å²) < 4.78 is 7.03. The van der Waals surface area contributed by atoms with E-state index in [2.05, 4.69) is 20.5 Å². The fourth-order valence-electron chi connectivity index (χ4n) is 3.04. The Morgan fingerprint density at radius 1 is 1.30 bits per heavy atom. The van der Waals surface area contributed by atoms with Gasteiger partial charge in [-0.05, 0) is 30.7 Å². The Kier molecular flexibility index (Phi) is 4.65. The maximum absolute atomic E-state index is 12.6. The van der Waals surface area contributed by atoms with Crippen LogP contribution in [-0.4, -0.2) is 49.0 Å². The molecular formula is C18H19ClN6O2. The molecule has 0 aliphatic carbocycles. The lowest BCUT2D eigenvalue weighted by atomic mass is 10.2. The monoisotopic (exact) mass is 386 g/mol. The van der Waals surface area contributed by atoms with Crippen LogP contribution in [0.25, 0.3) is 11.6 Å². The molecule has 1 saturated heterocycles. The van der Waals surface area contributed by atoms with Crippen LogP contribution < -0.4 is 0 Å². The highest BCUT2D eigenvalue weighted by Gasteiger charge is 2.29. The van der Waals surface area contributed by atoms with Gasteiger partial charge in [0.15, 0.2) is 11.5 Å². The Morgan fingerprint density at radius 3 is 2.78 bits per heavy atom. The molecule has 1 fully saturated rings. The molecule has 1 aliphatic rings. The van der Waals surface area contributed by atoms with Gasteiger partial charge >= 0.3 is 0 Å². The van der Waals surface area contributed by atoms with Crippen LogP contribution in [0.4, 0.5) is 0 Å². The minimum Gasteiger partial charge on any atom is -0.336 e. The number of benzene rings is 1. The number of aromatic nitrogens is 5. The maximum atomic E-state index is 12.6. The van der Waals surface area contributed by atoms with Crippen LogP contribution in [0.3, 0.4) is 0 Å². The van der Waals surface area contributed by atoms with Gasteiger partial charge in [0.05, 0.1) is 12.2 Å². The van der Waals surface area contributed by atoms with E-state index in [1.165, 1.54) is 0 Å². The second kappa shape index (κ2) is 7.11. The average molecular weight is 387 g/mol. The van der Waals surface area contributed by atoms with Gasteiger partial charge in [-0.15, -0.1) is 5.10 Å². The summed E-state index contributed by atoms with van der Waals surface area (Å²) in [6.07, 6.45) is 2.60. The predicted octanol–water partition coefficient (Wildman–Crippen LogP) is 3.19. The molecule has 140 valence electrons. The predicted molar refractivity (Wildman–Crippen MR) is 98.4 cm³/mol. The van der Waals surface area contributed by atoms with E-state index in [0.717, 1.165) is 6.42 Å². The summed E-state index contributed by atoms with van der Waals surface area (Å²) in [6, 6.07) is 7.00. The van der Waals surface area contributed by atoms with Gasteiger partial charge in [-0.3, -0.25) is 4.79 Å². The van der Waals surface area contributed by atoms with Gasteiger partial charge in [-0.25, -0.2) is 4.68 Å². The first-order valence-electron chi connectivity index (χ1n) is 8.82. The zero-order valence-corrected chi connectivity index (χ0v) is 15.8. The highest BCUT2D eigenvalue weighted by Crippen LogP contribution is 2.25. The number of hydrogen-bond acceptors (Lipinski definition) is 6. The molecule has 0 unspecified atom stereocenters. The first kappa shape index (κ1) is 17.7. The molecule has 0 bridgehead atoms. The van der Waals surface area contributed by atoms with Gasteiger partial charge in [0.2, 0.25) is 0 Å². The molecule has 0 saturated carbocycles. The van der Waals surface area contributed by atoms with E-state index >= 15 is 0 Å². The zero-order valence-electron chi connectivity index (χ0n) is 15.0. The van der Waals surface area contributed by atoms with Crippen LogP contribution in [0.2, 0.25) is 5.02 Å². The van der Waals surface area contributed by atoms with Gasteiger partial charge in [0.25, 0.3) is 11.8 Å². The Bertz CT molecular complexity index is 949. The molecule has 9 heteroatoms. The second-order valence-corrected chi connectivity index (χ2v) is 7.33. The van der Waals surface area contributed by atoms with E-state index in [9.17, 15) is 4.79 Å². The van der Waals surface area contributed by atoms with Crippen LogP contribution in [-0.2, 0) is 0 Å². The molecule has 27 heavy (non-hydrogen) atoms. The van der Waals surface area contributed by atoms with E-state index in [1.54, 1.807) is 35.1 Å². The third-order valence-electron chi connectivity index (χ3n) is 4.60. The van der Waals surface area contributed by atoms with E-state index in [4.69, 9.17) is 16.1 Å². The highest BCUT2D eigenvalue weighted by molar-refractivity contribution is 6.30. The highest BCUT2D eigenvalue weighted by atomic mass is 35.5. The molecule has 1 atom stereocenters. The SMILES string of the molecule is CC(C)c1noc(-c2cn([C@H]3CCN(C(=O)c4ccc(Cl)cc4)C3)nn2)n1. The minimum absolute atomic E-state index is 0.00650. The van der Waals surface area contributed by atoms with Crippen molar-refractivity contribution in [3.8, 4) is 11.6 Å². The molecule has 1 aromatic carbocycles. The van der Waals surface area contributed by atoms with Gasteiger partial charge in [0.1, 0.15) is 0 Å². The van der Waals surface area contributed by atoms with Crippen molar-refractivity contribution in [1.82, 2.24) is 30.0 Å². The largest absolute Gasteiger partial charge is 0.336 e. The quantitative estimate of drug-likeness (QED) is 0.684. The number of amides is 1. The van der Waals surface area contributed by atoms with Crippen LogP contribution >= 0.6 is 11.6 Å². The number of halogens is 1. The lowest BCUT2D eigenvalue weighted by Gasteiger charge is -2.16. The Labute approximate surface area is 161 Å². The lowest BCUT2D eigenvalue weighted by molar-refractivity contribution is 0.0787. The van der Waals surface area contributed by atoms with Crippen molar-refractivity contribution in [1.29, 1.82) is 0 Å². The molecule has 0 radical (unpaired) electrons. The summed E-state index contributed by atoms with van der Waals surface area (Å²) in [5.74, 6) is 1.17. The maximum Gasteiger partial charge on any atom is 0.280 e. The number of hydrogen-bond donors (Lipinski definition) is 0. The van der Waals surface area contributed by atoms with Crippen LogP contribution in [0, 0.1) is 0 Å². The van der Waals surface area contributed by atoms with Crippen LogP contribution in [0.5, 0.6) is 0 Å². The third kappa shape index (κ3) is 3.57. The molecule has 4 rings (SSSR count). The number of nitrogens with zero attached hydrogens (tertiary/aromatic N) is 6. The van der Waals surface area contributed by atoms with Crippen LogP contribution in [0.15, 0.2) is 35.0 Å². The van der Waals surface area contributed by atoms with Crippen molar-refractivity contribution < 1.29 is 9.32 Å². The molecule has 3 aromatic rings. The van der Waals surface area contributed by atoms with Crippen molar-refractivity contribution in [2.24, 2.45) is 0 Å². The lowest BCUT2D eigenvalue weighted by Crippen LogP contribution is -2.29. The summed E-state index contributed by atoms with van der Waals surface area (Å²) in [7, 11) is 0. The van der Waals surface area contributed by atoms with Crippen molar-refractivity contribution in [3.05, 3.63) is 46.9 Å². The second-order valence-electron chi connectivity index (χ2n) is 6.90. The van der Waals surface area contributed by atoms with E-state index in [1.807, 2.05) is 18.7 Å². The fourth-order valence-corrected chi connectivity index (χ4v) is 3.17. The third-order valence-corrected chi connectivity index (χ3v) is 4.86. The summed E-state index contributed by atoms with van der Waals surface area (Å²) in [4.78, 5) is 18.8. The molecular weight excluding hydrogens is 368 g/mol. The number of likely N-dealkylation sites (tertiary alicyclic amines) is 1. The van der Waals surface area contributed by atoms with Crippen LogP contribution in [0.1, 0.15) is 48.4 Å². The molecule has 2 aromatic heterocycles. The average Bonchev–Trinajstić information content (AvgIpc) is 3.40. The molecule has 1 amide bonds. The van der Waals surface area contributed by atoms with Gasteiger partial charge in [-0.2, -0.15) is 4.98 Å². The molecule has 3 heterocycles. The van der Waals surface area contributed by atoms with Crippen molar-refractivity contribution in [3.63, 3.8) is 0 Å². The minimum atomic E-state index is -0.00650. The zero-order chi connectivity index (χ0) is 19.0. The number of rotatable bonds is 4. The molecule has 0 spiro atoms. The topological polar surface area (TPSA) is 89.9 Å². The first-order chi connectivity index (χ1) is 13.0. The van der Waals surface area contributed by atoms with Crippen molar-refractivity contribution in [2.45, 2.75) is 32.2 Å². The number of carbonyl (C=O) groups excluding carboxylic acids is 1. The van der Waals surface area contributed by atoms with E-state index in [0.29, 0.717) is 41.1 Å². The summed E-state index contributed by atoms with van der Waals surface area (Å²) >= 11 is 5.89. The Hall–Kier alpha value is -2.74. The molecule has 1 aliphatic heterocycles. The summed E-state index contributed by atoms with van der Waals surface area (Å²) in [6.45, 7) is 5.23. The van der Waals surface area contributed by atoms with Gasteiger partial charge in [-0.1, -0.05) is 35.8 Å². The molecule has 0 N–H and O–H groups in total. The standard InChI is InChI=1S/C18H19ClN6O2/c1-11(2)16-20-17(27-22-16)15-10-25(23-21-15)14-7-8-24(9-14)18(26)12-3-5-13(19)6-4-12/h3-6,10-11,14H,7-9H2,1-2H3/t14-/m0/s1. The van der Waals surface area contributed by atoms with Crippen molar-refractivity contribution >= 4 is 17.5 Å². The van der Waals surface area contributed by atoms with Gasteiger partial charge < -0.3 is 9.42 Å². The van der Waals surface area contributed by atoms with Crippen molar-refractivity contribution in [2.75, 3.05) is 13.1 Å². The first-order valence-corrected chi connectivity index (χ1v) is 9.19. The van der Waals surface area contributed by atoms with E-state index in [-0.39, 0.29) is 17.9 Å². The molecule has 8 nitrogen and oxygen atoms in total. The van der Waals surface area contributed by atoms with E-state index < -0.39 is 0 Å².